The van der Waals surface area contributed by atoms with Crippen molar-refractivity contribution in [2.24, 2.45) is 0 Å². The number of hydrogen-bond donors (Lipinski definition) is 3. The third-order valence-electron chi connectivity index (χ3n) is 5.94. The number of carbonyl (C=O) groups excluding carboxylic acids is 2. The van der Waals surface area contributed by atoms with E-state index in [0.717, 1.165) is 16.7 Å². The number of carboxylic acid groups (broad SMARTS) is 1. The molecule has 8 nitrogen and oxygen atoms in total. The second-order valence-corrected chi connectivity index (χ2v) is 8.39. The minimum absolute atomic E-state index is 0.0120. The fourth-order valence-electron chi connectivity index (χ4n) is 4.26. The molecule has 0 heterocycles. The van der Waals surface area contributed by atoms with Crippen molar-refractivity contribution in [1.82, 2.24) is 5.48 Å². The van der Waals surface area contributed by atoms with Gasteiger partial charge in [-0.3, -0.25) is 14.9 Å². The van der Waals surface area contributed by atoms with Crippen LogP contribution in [0.1, 0.15) is 41.9 Å². The summed E-state index contributed by atoms with van der Waals surface area (Å²) < 4.78 is 5.57. The number of carboxylic acids is 1. The Morgan fingerprint density at radius 1 is 0.914 bits per heavy atom. The van der Waals surface area contributed by atoms with Crippen LogP contribution >= 0.6 is 0 Å². The van der Waals surface area contributed by atoms with E-state index in [9.17, 15) is 14.4 Å². The van der Waals surface area contributed by atoms with Crippen molar-refractivity contribution in [1.29, 1.82) is 0 Å². The van der Waals surface area contributed by atoms with Gasteiger partial charge in [0.1, 0.15) is 6.61 Å². The fourth-order valence-corrected chi connectivity index (χ4v) is 4.26. The highest BCUT2D eigenvalue weighted by Crippen LogP contribution is 2.44. The maximum absolute atomic E-state index is 12.5. The minimum Gasteiger partial charge on any atom is -0.479 e. The van der Waals surface area contributed by atoms with Crippen LogP contribution in [-0.2, 0) is 19.2 Å². The van der Waals surface area contributed by atoms with E-state index >= 15 is 0 Å². The summed E-state index contributed by atoms with van der Waals surface area (Å²) in [6.45, 7) is 1.50. The maximum Gasteiger partial charge on any atom is 0.411 e. The number of amides is 2. The lowest BCUT2D eigenvalue weighted by Crippen LogP contribution is -2.27. The van der Waals surface area contributed by atoms with Crippen LogP contribution in [0.2, 0.25) is 0 Å². The summed E-state index contributed by atoms with van der Waals surface area (Å²) in [4.78, 5) is 39.3. The van der Waals surface area contributed by atoms with Gasteiger partial charge in [0.15, 0.2) is 6.61 Å². The molecule has 3 aromatic rings. The predicted molar refractivity (Wildman–Crippen MR) is 130 cm³/mol. The molecule has 1 atom stereocenters. The third-order valence-corrected chi connectivity index (χ3v) is 5.94. The topological polar surface area (TPSA) is 114 Å². The van der Waals surface area contributed by atoms with Crippen LogP contribution in [0.25, 0.3) is 11.1 Å². The number of hydroxylamine groups is 1. The number of anilines is 1. The lowest BCUT2D eigenvalue weighted by Gasteiger charge is -2.15. The first-order chi connectivity index (χ1) is 16.9. The zero-order chi connectivity index (χ0) is 24.8. The molecule has 2 amide bonds. The molecule has 0 radical (unpaired) electrons. The molecule has 0 fully saturated rings. The first kappa shape index (κ1) is 24.0. The number of carbonyl (C=O) groups is 3. The molecule has 0 aliphatic heterocycles. The SMILES string of the molecule is CC(CC(=O)NOCC(=O)O)c1ccc(NC(=O)OCC2c3ccccc3-c3ccccc32)cc1. The van der Waals surface area contributed by atoms with Crippen LogP contribution < -0.4 is 10.8 Å². The van der Waals surface area contributed by atoms with E-state index in [-0.39, 0.29) is 24.9 Å². The number of hydrogen-bond acceptors (Lipinski definition) is 5. The second-order valence-electron chi connectivity index (χ2n) is 8.39. The minimum atomic E-state index is -1.17. The van der Waals surface area contributed by atoms with E-state index in [1.165, 1.54) is 11.1 Å². The van der Waals surface area contributed by atoms with Gasteiger partial charge in [0.25, 0.3) is 0 Å². The summed E-state index contributed by atoms with van der Waals surface area (Å²) in [5, 5.41) is 11.3. The van der Waals surface area contributed by atoms with E-state index in [1.54, 1.807) is 12.1 Å². The predicted octanol–water partition coefficient (Wildman–Crippen LogP) is 4.67. The first-order valence-corrected chi connectivity index (χ1v) is 11.3. The molecule has 0 spiro atoms. The summed E-state index contributed by atoms with van der Waals surface area (Å²) in [6.07, 6.45) is -0.415. The van der Waals surface area contributed by atoms with Gasteiger partial charge < -0.3 is 9.84 Å². The molecule has 3 aromatic carbocycles. The van der Waals surface area contributed by atoms with E-state index in [4.69, 9.17) is 9.84 Å². The number of fused-ring (bicyclic) bond motifs is 3. The number of aliphatic carboxylic acids is 1. The van der Waals surface area contributed by atoms with E-state index in [1.807, 2.05) is 43.3 Å². The number of benzene rings is 3. The molecule has 0 bridgehead atoms. The van der Waals surface area contributed by atoms with Crippen molar-refractivity contribution in [2.45, 2.75) is 25.2 Å². The highest BCUT2D eigenvalue weighted by Gasteiger charge is 2.29. The summed E-state index contributed by atoms with van der Waals surface area (Å²) in [5.74, 6) is -1.73. The van der Waals surface area contributed by atoms with Gasteiger partial charge in [0.05, 0.1) is 0 Å². The molecule has 0 aromatic heterocycles. The lowest BCUT2D eigenvalue weighted by atomic mass is 9.97. The Bertz CT molecular complexity index is 1180. The van der Waals surface area contributed by atoms with Gasteiger partial charge in [0.2, 0.25) is 5.91 Å². The molecular formula is C27H26N2O6. The molecule has 35 heavy (non-hydrogen) atoms. The average Bonchev–Trinajstić information content (AvgIpc) is 3.16. The quantitative estimate of drug-likeness (QED) is 0.388. The molecule has 1 unspecified atom stereocenters. The molecular weight excluding hydrogens is 448 g/mol. The zero-order valence-electron chi connectivity index (χ0n) is 19.2. The van der Waals surface area contributed by atoms with Crippen molar-refractivity contribution in [3.05, 3.63) is 89.5 Å². The number of nitrogens with one attached hydrogen (secondary N) is 2. The highest BCUT2D eigenvalue weighted by atomic mass is 16.7. The number of rotatable bonds is 9. The monoisotopic (exact) mass is 474 g/mol. The van der Waals surface area contributed by atoms with Crippen molar-refractivity contribution in [3.63, 3.8) is 0 Å². The van der Waals surface area contributed by atoms with Crippen LogP contribution in [0.4, 0.5) is 10.5 Å². The maximum atomic E-state index is 12.5. The van der Waals surface area contributed by atoms with Gasteiger partial charge in [-0.25, -0.2) is 15.1 Å². The van der Waals surface area contributed by atoms with Crippen LogP contribution in [-0.4, -0.2) is 36.3 Å². The molecule has 8 heteroatoms. The fraction of sp³-hybridized carbons (Fsp3) is 0.222. The standard InChI is InChI=1S/C27H26N2O6/c1-17(14-25(30)29-35-16-26(31)32)18-10-12-19(13-11-18)28-27(33)34-15-24-22-8-4-2-6-20(22)21-7-3-5-9-23(21)24/h2-13,17,24H,14-16H2,1H3,(H,28,33)(H,29,30)(H,31,32). The second kappa shape index (κ2) is 10.8. The summed E-state index contributed by atoms with van der Waals surface area (Å²) in [6, 6.07) is 23.4. The Balaban J connectivity index is 1.29. The Hall–Kier alpha value is -4.17. The molecule has 0 saturated heterocycles. The van der Waals surface area contributed by atoms with E-state index in [0.29, 0.717) is 5.69 Å². The normalized spacial score (nSPS) is 12.8. The van der Waals surface area contributed by atoms with Gasteiger partial charge in [-0.2, -0.15) is 0 Å². The van der Waals surface area contributed by atoms with Crippen molar-refractivity contribution in [3.8, 4) is 11.1 Å². The Kier molecular flexibility index (Phi) is 7.42. The van der Waals surface area contributed by atoms with Crippen molar-refractivity contribution < 1.29 is 29.1 Å². The largest absolute Gasteiger partial charge is 0.479 e. The van der Waals surface area contributed by atoms with Crippen LogP contribution in [0.15, 0.2) is 72.8 Å². The molecule has 1 aliphatic carbocycles. The van der Waals surface area contributed by atoms with Gasteiger partial charge in [0, 0.05) is 18.0 Å². The summed E-state index contributed by atoms with van der Waals surface area (Å²) in [7, 11) is 0. The third kappa shape index (κ3) is 5.85. The smallest absolute Gasteiger partial charge is 0.411 e. The van der Waals surface area contributed by atoms with Crippen LogP contribution in [0.3, 0.4) is 0 Å². The Labute approximate surface area is 202 Å². The van der Waals surface area contributed by atoms with Crippen molar-refractivity contribution >= 4 is 23.7 Å². The number of ether oxygens (including phenoxy) is 1. The van der Waals surface area contributed by atoms with Gasteiger partial charge >= 0.3 is 12.1 Å². The van der Waals surface area contributed by atoms with Crippen molar-refractivity contribution in [2.75, 3.05) is 18.5 Å². The summed E-state index contributed by atoms with van der Waals surface area (Å²) in [5.41, 5.74) is 8.21. The van der Waals surface area contributed by atoms with Gasteiger partial charge in [-0.05, 0) is 45.9 Å². The highest BCUT2D eigenvalue weighted by molar-refractivity contribution is 5.85. The zero-order valence-corrected chi connectivity index (χ0v) is 19.2. The van der Waals surface area contributed by atoms with Crippen LogP contribution in [0, 0.1) is 0 Å². The van der Waals surface area contributed by atoms with Gasteiger partial charge in [-0.15, -0.1) is 0 Å². The Morgan fingerprint density at radius 3 is 2.11 bits per heavy atom. The molecule has 1 aliphatic rings. The molecule has 3 N–H and O–H groups in total. The summed E-state index contributed by atoms with van der Waals surface area (Å²) >= 11 is 0. The Morgan fingerprint density at radius 2 is 1.51 bits per heavy atom. The van der Waals surface area contributed by atoms with Gasteiger partial charge in [-0.1, -0.05) is 67.6 Å². The van der Waals surface area contributed by atoms with E-state index < -0.39 is 24.6 Å². The first-order valence-electron chi connectivity index (χ1n) is 11.3. The average molecular weight is 475 g/mol. The molecule has 4 rings (SSSR count). The molecule has 180 valence electrons. The van der Waals surface area contributed by atoms with E-state index in [2.05, 4.69) is 39.9 Å². The lowest BCUT2D eigenvalue weighted by molar-refractivity contribution is -0.149. The van der Waals surface area contributed by atoms with Crippen LogP contribution in [0.5, 0.6) is 0 Å². The molecule has 0 saturated carbocycles.